The van der Waals surface area contributed by atoms with Gasteiger partial charge in [-0.25, -0.2) is 4.98 Å². The van der Waals surface area contributed by atoms with Crippen LogP contribution in [0.25, 0.3) is 0 Å². The molecular weight excluding hydrogens is 246 g/mol. The fraction of sp³-hybridized carbons (Fsp3) is 0.308. The highest BCUT2D eigenvalue weighted by Crippen LogP contribution is 2.25. The lowest BCUT2D eigenvalue weighted by Gasteiger charge is -2.10. The van der Waals surface area contributed by atoms with Gasteiger partial charge in [-0.15, -0.1) is 0 Å². The van der Waals surface area contributed by atoms with Crippen LogP contribution in [0.15, 0.2) is 24.5 Å². The zero-order chi connectivity index (χ0) is 14.0. The van der Waals surface area contributed by atoms with Gasteiger partial charge in [-0.3, -0.25) is 10.1 Å². The van der Waals surface area contributed by atoms with E-state index >= 15 is 0 Å². The minimum absolute atomic E-state index is 0.0605. The zero-order valence-electron chi connectivity index (χ0n) is 11.1. The second kappa shape index (κ2) is 5.09. The second-order valence-electron chi connectivity index (χ2n) is 4.30. The molecule has 0 fully saturated rings. The van der Waals surface area contributed by atoms with Crippen molar-refractivity contribution in [1.29, 1.82) is 0 Å². The van der Waals surface area contributed by atoms with Crippen molar-refractivity contribution in [1.82, 2.24) is 9.55 Å². The minimum atomic E-state index is -0.408. The van der Waals surface area contributed by atoms with Crippen molar-refractivity contribution < 1.29 is 9.66 Å². The predicted octanol–water partition coefficient (Wildman–Crippen LogP) is 2.47. The molecule has 0 unspecified atom stereocenters. The van der Waals surface area contributed by atoms with Crippen molar-refractivity contribution in [2.24, 2.45) is 0 Å². The number of non-ortho nitro benzene ring substituents is 1. The first-order valence-corrected chi connectivity index (χ1v) is 5.82. The second-order valence-corrected chi connectivity index (χ2v) is 4.30. The van der Waals surface area contributed by atoms with Crippen LogP contribution in [0.1, 0.15) is 17.0 Å². The average molecular weight is 261 g/mol. The molecule has 0 saturated carbocycles. The fourth-order valence-corrected chi connectivity index (χ4v) is 1.89. The Morgan fingerprint density at radius 3 is 2.68 bits per heavy atom. The molecule has 6 heteroatoms. The van der Waals surface area contributed by atoms with Crippen LogP contribution in [0.3, 0.4) is 0 Å². The standard InChI is InChI=1S/C13H15N3O3/c1-9-10(2)15(8-14-9)7-11-6-12(16(17)18)4-5-13(11)19-3/h4-6,8H,7H2,1-3H3. The number of methoxy groups -OCH3 is 1. The molecule has 0 aliphatic rings. The smallest absolute Gasteiger partial charge is 0.270 e. The van der Waals surface area contributed by atoms with E-state index in [0.717, 1.165) is 17.0 Å². The van der Waals surface area contributed by atoms with E-state index in [1.54, 1.807) is 19.5 Å². The van der Waals surface area contributed by atoms with Crippen molar-refractivity contribution in [2.75, 3.05) is 7.11 Å². The van der Waals surface area contributed by atoms with Crippen LogP contribution in [0.2, 0.25) is 0 Å². The van der Waals surface area contributed by atoms with Gasteiger partial charge in [-0.2, -0.15) is 0 Å². The van der Waals surface area contributed by atoms with E-state index in [1.807, 2.05) is 18.4 Å². The Labute approximate surface area is 110 Å². The Kier molecular flexibility index (Phi) is 3.50. The van der Waals surface area contributed by atoms with Crippen LogP contribution in [0.5, 0.6) is 5.75 Å². The first-order chi connectivity index (χ1) is 9.02. The summed E-state index contributed by atoms with van der Waals surface area (Å²) in [6.07, 6.45) is 1.73. The Hall–Kier alpha value is -2.37. The lowest BCUT2D eigenvalue weighted by Crippen LogP contribution is -2.03. The summed E-state index contributed by atoms with van der Waals surface area (Å²) < 4.78 is 7.18. The molecule has 0 radical (unpaired) electrons. The van der Waals surface area contributed by atoms with Crippen molar-refractivity contribution in [3.63, 3.8) is 0 Å². The van der Waals surface area contributed by atoms with Gasteiger partial charge in [0.05, 0.1) is 30.6 Å². The van der Waals surface area contributed by atoms with E-state index in [-0.39, 0.29) is 5.69 Å². The van der Waals surface area contributed by atoms with Gasteiger partial charge in [-0.1, -0.05) is 0 Å². The molecule has 0 spiro atoms. The quantitative estimate of drug-likeness (QED) is 0.626. The Balaban J connectivity index is 2.40. The Morgan fingerprint density at radius 2 is 2.16 bits per heavy atom. The number of hydrogen-bond donors (Lipinski definition) is 0. The number of rotatable bonds is 4. The molecule has 0 aliphatic carbocycles. The van der Waals surface area contributed by atoms with Gasteiger partial charge in [0.2, 0.25) is 0 Å². The van der Waals surface area contributed by atoms with Crippen LogP contribution in [-0.4, -0.2) is 21.6 Å². The molecule has 1 heterocycles. The molecule has 6 nitrogen and oxygen atoms in total. The first kappa shape index (κ1) is 13.1. The van der Waals surface area contributed by atoms with E-state index in [0.29, 0.717) is 12.3 Å². The number of benzene rings is 1. The highest BCUT2D eigenvalue weighted by Gasteiger charge is 2.13. The lowest BCUT2D eigenvalue weighted by atomic mass is 10.1. The molecule has 0 bridgehead atoms. The minimum Gasteiger partial charge on any atom is -0.496 e. The molecule has 0 N–H and O–H groups in total. The Bertz CT molecular complexity index is 620. The molecule has 0 atom stereocenters. The molecule has 19 heavy (non-hydrogen) atoms. The van der Waals surface area contributed by atoms with Crippen molar-refractivity contribution in [2.45, 2.75) is 20.4 Å². The summed E-state index contributed by atoms with van der Waals surface area (Å²) in [6.45, 7) is 4.39. The first-order valence-electron chi connectivity index (χ1n) is 5.82. The summed E-state index contributed by atoms with van der Waals surface area (Å²) in [5.74, 6) is 0.636. The van der Waals surface area contributed by atoms with Gasteiger partial charge >= 0.3 is 0 Å². The number of aryl methyl sites for hydroxylation is 1. The third-order valence-corrected chi connectivity index (χ3v) is 3.16. The predicted molar refractivity (Wildman–Crippen MR) is 70.5 cm³/mol. The zero-order valence-corrected chi connectivity index (χ0v) is 11.1. The number of nitro groups is 1. The molecular formula is C13H15N3O3. The molecule has 2 rings (SSSR count). The maximum atomic E-state index is 10.8. The number of nitro benzene ring substituents is 1. The van der Waals surface area contributed by atoms with Gasteiger partial charge in [0.25, 0.3) is 5.69 Å². The third-order valence-electron chi connectivity index (χ3n) is 3.16. The van der Waals surface area contributed by atoms with Crippen LogP contribution >= 0.6 is 0 Å². The van der Waals surface area contributed by atoms with Crippen molar-refractivity contribution in [3.05, 3.63) is 51.6 Å². The molecule has 2 aromatic rings. The van der Waals surface area contributed by atoms with Gasteiger partial charge in [0, 0.05) is 23.4 Å². The summed E-state index contributed by atoms with van der Waals surface area (Å²) in [4.78, 5) is 14.6. The van der Waals surface area contributed by atoms with Crippen LogP contribution < -0.4 is 4.74 Å². The number of hydrogen-bond acceptors (Lipinski definition) is 4. The summed E-state index contributed by atoms with van der Waals surface area (Å²) in [5.41, 5.74) is 2.81. The highest BCUT2D eigenvalue weighted by atomic mass is 16.6. The largest absolute Gasteiger partial charge is 0.496 e. The van der Waals surface area contributed by atoms with E-state index in [1.165, 1.54) is 12.1 Å². The normalized spacial score (nSPS) is 10.5. The summed E-state index contributed by atoms with van der Waals surface area (Å²) in [5, 5.41) is 10.8. The van der Waals surface area contributed by atoms with E-state index < -0.39 is 4.92 Å². The molecule has 100 valence electrons. The highest BCUT2D eigenvalue weighted by molar-refractivity contribution is 5.44. The maximum Gasteiger partial charge on any atom is 0.270 e. The van der Waals surface area contributed by atoms with Gasteiger partial charge in [0.1, 0.15) is 5.75 Å². The number of aromatic nitrogens is 2. The fourth-order valence-electron chi connectivity index (χ4n) is 1.89. The monoisotopic (exact) mass is 261 g/mol. The summed E-state index contributed by atoms with van der Waals surface area (Å²) >= 11 is 0. The maximum absolute atomic E-state index is 10.8. The Morgan fingerprint density at radius 1 is 1.42 bits per heavy atom. The van der Waals surface area contributed by atoms with Crippen LogP contribution in [-0.2, 0) is 6.54 Å². The SMILES string of the molecule is COc1ccc([N+](=O)[O-])cc1Cn1cnc(C)c1C. The van der Waals surface area contributed by atoms with Gasteiger partial charge in [-0.05, 0) is 19.9 Å². The molecule has 0 amide bonds. The van der Waals surface area contributed by atoms with Crippen LogP contribution in [0.4, 0.5) is 5.69 Å². The van der Waals surface area contributed by atoms with Crippen molar-refractivity contribution in [3.8, 4) is 5.75 Å². The lowest BCUT2D eigenvalue weighted by molar-refractivity contribution is -0.384. The molecule has 1 aromatic heterocycles. The van der Waals surface area contributed by atoms with Gasteiger partial charge in [0.15, 0.2) is 0 Å². The number of ether oxygens (including phenoxy) is 1. The topological polar surface area (TPSA) is 70.2 Å². The third kappa shape index (κ3) is 2.57. The number of nitrogens with zero attached hydrogens (tertiary/aromatic N) is 3. The van der Waals surface area contributed by atoms with E-state index in [2.05, 4.69) is 4.98 Å². The average Bonchev–Trinajstić information content (AvgIpc) is 2.70. The summed E-state index contributed by atoms with van der Waals surface area (Å²) in [6, 6.07) is 4.59. The van der Waals surface area contributed by atoms with E-state index in [4.69, 9.17) is 4.74 Å². The van der Waals surface area contributed by atoms with E-state index in [9.17, 15) is 10.1 Å². The molecule has 0 aliphatic heterocycles. The van der Waals surface area contributed by atoms with Crippen molar-refractivity contribution >= 4 is 5.69 Å². The summed E-state index contributed by atoms with van der Waals surface area (Å²) in [7, 11) is 1.55. The number of imidazole rings is 1. The molecule has 1 aromatic carbocycles. The van der Waals surface area contributed by atoms with Gasteiger partial charge < -0.3 is 9.30 Å². The van der Waals surface area contributed by atoms with Crippen LogP contribution in [0, 0.1) is 24.0 Å². The molecule has 0 saturated heterocycles.